The van der Waals surface area contributed by atoms with Gasteiger partial charge in [-0.15, -0.1) is 11.3 Å². The van der Waals surface area contributed by atoms with Crippen LogP contribution in [0.5, 0.6) is 0 Å². The summed E-state index contributed by atoms with van der Waals surface area (Å²) in [5.41, 5.74) is 0.412. The Bertz CT molecular complexity index is 548. The van der Waals surface area contributed by atoms with Crippen LogP contribution >= 0.6 is 34.5 Å². The third kappa shape index (κ3) is 3.19. The number of nitrogens with zero attached hydrogens (tertiary/aromatic N) is 1. The van der Waals surface area contributed by atoms with Gasteiger partial charge in [0.2, 0.25) is 0 Å². The molecule has 1 aromatic heterocycles. The summed E-state index contributed by atoms with van der Waals surface area (Å²) in [5.74, 6) is -0.274. The molecule has 0 spiro atoms. The van der Waals surface area contributed by atoms with Crippen LogP contribution in [0.3, 0.4) is 0 Å². The fourth-order valence-electron chi connectivity index (χ4n) is 1.27. The van der Waals surface area contributed by atoms with Crippen molar-refractivity contribution in [1.82, 2.24) is 4.98 Å². The van der Waals surface area contributed by atoms with Crippen molar-refractivity contribution in [3.8, 4) is 0 Å². The highest BCUT2D eigenvalue weighted by Crippen LogP contribution is 2.21. The van der Waals surface area contributed by atoms with Gasteiger partial charge in [-0.05, 0) is 25.1 Å². The van der Waals surface area contributed by atoms with Crippen molar-refractivity contribution in [2.45, 2.75) is 6.92 Å². The lowest BCUT2D eigenvalue weighted by Crippen LogP contribution is -2.11. The van der Waals surface area contributed by atoms with E-state index in [0.717, 1.165) is 4.88 Å². The molecule has 88 valence electrons. The van der Waals surface area contributed by atoms with E-state index in [-0.39, 0.29) is 5.91 Å². The molecule has 1 aromatic carbocycles. The normalized spacial score (nSPS) is 10.3. The summed E-state index contributed by atoms with van der Waals surface area (Å²) >= 11 is 13.1. The number of amides is 1. The predicted molar refractivity (Wildman–Crippen MR) is 71.3 cm³/mol. The number of anilines is 1. The number of thiazole rings is 1. The van der Waals surface area contributed by atoms with Gasteiger partial charge in [-0.3, -0.25) is 10.1 Å². The maximum Gasteiger partial charge on any atom is 0.257 e. The highest BCUT2D eigenvalue weighted by Gasteiger charge is 2.09. The smallest absolute Gasteiger partial charge is 0.257 e. The lowest BCUT2D eigenvalue weighted by molar-refractivity contribution is 0.102. The molecule has 0 unspecified atom stereocenters. The van der Waals surface area contributed by atoms with Gasteiger partial charge in [-0.1, -0.05) is 23.2 Å². The Morgan fingerprint density at radius 2 is 1.94 bits per heavy atom. The highest BCUT2D eigenvalue weighted by atomic mass is 35.5. The Balaban J connectivity index is 2.19. The number of hydrogen-bond donors (Lipinski definition) is 1. The van der Waals surface area contributed by atoms with E-state index in [1.807, 2.05) is 6.92 Å². The van der Waals surface area contributed by atoms with Crippen LogP contribution in [0.1, 0.15) is 15.2 Å². The number of rotatable bonds is 2. The van der Waals surface area contributed by atoms with E-state index in [4.69, 9.17) is 23.2 Å². The summed E-state index contributed by atoms with van der Waals surface area (Å²) in [6.45, 7) is 1.92. The fourth-order valence-corrected chi connectivity index (χ4v) is 2.45. The van der Waals surface area contributed by atoms with Crippen LogP contribution in [0.25, 0.3) is 0 Å². The monoisotopic (exact) mass is 286 g/mol. The SMILES string of the molecule is Cc1cnc(NC(=O)c2cc(Cl)cc(Cl)c2)s1. The van der Waals surface area contributed by atoms with Crippen molar-refractivity contribution in [3.05, 3.63) is 44.9 Å². The van der Waals surface area contributed by atoms with Gasteiger partial charge in [-0.25, -0.2) is 4.98 Å². The Morgan fingerprint density at radius 3 is 2.47 bits per heavy atom. The average Bonchev–Trinajstić information content (AvgIpc) is 2.62. The summed E-state index contributed by atoms with van der Waals surface area (Å²) in [4.78, 5) is 16.9. The van der Waals surface area contributed by atoms with Gasteiger partial charge in [0.25, 0.3) is 5.91 Å². The maximum absolute atomic E-state index is 11.9. The fraction of sp³-hybridized carbons (Fsp3) is 0.0909. The molecule has 2 rings (SSSR count). The number of hydrogen-bond acceptors (Lipinski definition) is 3. The Morgan fingerprint density at radius 1 is 1.29 bits per heavy atom. The van der Waals surface area contributed by atoms with Crippen molar-refractivity contribution in [2.24, 2.45) is 0 Å². The first-order valence-electron chi connectivity index (χ1n) is 4.74. The average molecular weight is 287 g/mol. The number of aryl methyl sites for hydroxylation is 1. The molecule has 1 amide bonds. The molecule has 0 aliphatic heterocycles. The second-order valence-corrected chi connectivity index (χ2v) is 5.50. The number of aromatic nitrogens is 1. The predicted octanol–water partition coefficient (Wildman–Crippen LogP) is 4.01. The second kappa shape index (κ2) is 5.04. The quantitative estimate of drug-likeness (QED) is 0.906. The first kappa shape index (κ1) is 12.4. The summed E-state index contributed by atoms with van der Waals surface area (Å²) < 4.78 is 0. The number of carbonyl (C=O) groups is 1. The number of halogens is 2. The van der Waals surface area contributed by atoms with E-state index in [0.29, 0.717) is 20.7 Å². The molecule has 6 heteroatoms. The van der Waals surface area contributed by atoms with Crippen LogP contribution in [0.15, 0.2) is 24.4 Å². The highest BCUT2D eigenvalue weighted by molar-refractivity contribution is 7.15. The minimum atomic E-state index is -0.274. The lowest BCUT2D eigenvalue weighted by atomic mass is 10.2. The number of nitrogens with one attached hydrogen (secondary N) is 1. The van der Waals surface area contributed by atoms with Gasteiger partial charge in [0.1, 0.15) is 0 Å². The summed E-state index contributed by atoms with van der Waals surface area (Å²) in [7, 11) is 0. The first-order chi connectivity index (χ1) is 8.04. The van der Waals surface area contributed by atoms with Gasteiger partial charge >= 0.3 is 0 Å². The Hall–Kier alpha value is -1.10. The topological polar surface area (TPSA) is 42.0 Å². The molecular formula is C11H8Cl2N2OS. The molecule has 1 heterocycles. The standard InChI is InChI=1S/C11H8Cl2N2OS/c1-6-5-14-11(17-6)15-10(16)7-2-8(12)4-9(13)3-7/h2-5H,1H3,(H,14,15,16). The summed E-state index contributed by atoms with van der Waals surface area (Å²) in [6, 6.07) is 4.69. The molecule has 0 saturated carbocycles. The van der Waals surface area contributed by atoms with Crippen LogP contribution in [0.4, 0.5) is 5.13 Å². The molecule has 0 atom stereocenters. The van der Waals surface area contributed by atoms with Crippen molar-refractivity contribution in [1.29, 1.82) is 0 Å². The van der Waals surface area contributed by atoms with E-state index in [1.165, 1.54) is 11.3 Å². The number of benzene rings is 1. The second-order valence-electron chi connectivity index (χ2n) is 3.39. The summed E-state index contributed by atoms with van der Waals surface area (Å²) in [5, 5.41) is 4.10. The lowest BCUT2D eigenvalue weighted by Gasteiger charge is -2.02. The molecule has 0 aliphatic rings. The maximum atomic E-state index is 11.9. The van der Waals surface area contributed by atoms with Crippen molar-refractivity contribution >= 4 is 45.6 Å². The van der Waals surface area contributed by atoms with E-state index in [9.17, 15) is 4.79 Å². The first-order valence-corrected chi connectivity index (χ1v) is 6.32. The number of carbonyl (C=O) groups excluding carboxylic acids is 1. The zero-order chi connectivity index (χ0) is 12.4. The molecule has 3 nitrogen and oxygen atoms in total. The van der Waals surface area contributed by atoms with Gasteiger partial charge in [0.15, 0.2) is 5.13 Å². The van der Waals surface area contributed by atoms with E-state index >= 15 is 0 Å². The van der Waals surface area contributed by atoms with Crippen LogP contribution in [0.2, 0.25) is 10.0 Å². The minimum absolute atomic E-state index is 0.274. The largest absolute Gasteiger partial charge is 0.298 e. The summed E-state index contributed by atoms with van der Waals surface area (Å²) in [6.07, 6.45) is 1.70. The van der Waals surface area contributed by atoms with Crippen LogP contribution in [-0.2, 0) is 0 Å². The molecule has 1 N–H and O–H groups in total. The van der Waals surface area contributed by atoms with Crippen molar-refractivity contribution < 1.29 is 4.79 Å². The van der Waals surface area contributed by atoms with Crippen molar-refractivity contribution in [2.75, 3.05) is 5.32 Å². The molecule has 2 aromatic rings. The van der Waals surface area contributed by atoms with Crippen molar-refractivity contribution in [3.63, 3.8) is 0 Å². The zero-order valence-corrected chi connectivity index (χ0v) is 11.2. The van der Waals surface area contributed by atoms with Gasteiger partial charge in [0.05, 0.1) is 0 Å². The zero-order valence-electron chi connectivity index (χ0n) is 8.83. The Kier molecular flexibility index (Phi) is 3.66. The third-order valence-electron chi connectivity index (χ3n) is 1.97. The molecular weight excluding hydrogens is 279 g/mol. The molecule has 0 fully saturated rings. The Labute approximate surface area is 112 Å². The minimum Gasteiger partial charge on any atom is -0.298 e. The van der Waals surface area contributed by atoms with Crippen LogP contribution in [0, 0.1) is 6.92 Å². The third-order valence-corrected chi connectivity index (χ3v) is 3.23. The molecule has 0 bridgehead atoms. The van der Waals surface area contributed by atoms with Gasteiger partial charge in [-0.2, -0.15) is 0 Å². The molecule has 0 aliphatic carbocycles. The van der Waals surface area contributed by atoms with Crippen LogP contribution < -0.4 is 5.32 Å². The van der Waals surface area contributed by atoms with Crippen LogP contribution in [-0.4, -0.2) is 10.9 Å². The van der Waals surface area contributed by atoms with Gasteiger partial charge in [0, 0.05) is 26.7 Å². The van der Waals surface area contributed by atoms with E-state index in [2.05, 4.69) is 10.3 Å². The molecule has 17 heavy (non-hydrogen) atoms. The van der Waals surface area contributed by atoms with Gasteiger partial charge < -0.3 is 0 Å². The molecule has 0 radical (unpaired) electrons. The van der Waals surface area contributed by atoms with E-state index in [1.54, 1.807) is 24.4 Å². The molecule has 0 saturated heterocycles. The van der Waals surface area contributed by atoms with E-state index < -0.39 is 0 Å².